The van der Waals surface area contributed by atoms with Gasteiger partial charge in [-0.3, -0.25) is 28.8 Å². The monoisotopic (exact) mass is 704 g/mol. The van der Waals surface area contributed by atoms with E-state index in [2.05, 4.69) is 21.3 Å². The van der Waals surface area contributed by atoms with Crippen molar-refractivity contribution in [3.63, 3.8) is 0 Å². The van der Waals surface area contributed by atoms with Crippen LogP contribution in [0.4, 0.5) is 0 Å². The van der Waals surface area contributed by atoms with Crippen LogP contribution in [0.15, 0.2) is 48.5 Å². The Morgan fingerprint density at radius 1 is 0.882 bits per heavy atom. The van der Waals surface area contributed by atoms with E-state index in [1.54, 1.807) is 72.4 Å². The molecule has 0 saturated carbocycles. The van der Waals surface area contributed by atoms with Gasteiger partial charge in [0.2, 0.25) is 29.5 Å². The number of likely N-dealkylation sites (tertiary alicyclic amines) is 1. The minimum absolute atomic E-state index is 0.0700. The van der Waals surface area contributed by atoms with Gasteiger partial charge in [-0.05, 0) is 67.5 Å². The van der Waals surface area contributed by atoms with E-state index < -0.39 is 35.8 Å². The summed E-state index contributed by atoms with van der Waals surface area (Å²) in [6.45, 7) is 7.48. The van der Waals surface area contributed by atoms with E-state index >= 15 is 0 Å². The van der Waals surface area contributed by atoms with Crippen LogP contribution >= 0.6 is 0 Å². The fourth-order valence-corrected chi connectivity index (χ4v) is 6.17. The number of hydrogen-bond acceptors (Lipinski definition) is 7. The quantitative estimate of drug-likeness (QED) is 0.306. The van der Waals surface area contributed by atoms with E-state index in [9.17, 15) is 28.8 Å². The summed E-state index contributed by atoms with van der Waals surface area (Å²) < 4.78 is 5.25. The molecule has 3 aliphatic rings. The average Bonchev–Trinajstić information content (AvgIpc) is 3.55. The summed E-state index contributed by atoms with van der Waals surface area (Å²) in [5, 5.41) is 11.3. The Morgan fingerprint density at radius 2 is 1.61 bits per heavy atom. The molecule has 13 heteroatoms. The van der Waals surface area contributed by atoms with Crippen LogP contribution in [0, 0.1) is 5.92 Å². The van der Waals surface area contributed by atoms with Gasteiger partial charge >= 0.3 is 0 Å². The Kier molecular flexibility index (Phi) is 14.4. The van der Waals surface area contributed by atoms with Crippen molar-refractivity contribution >= 4 is 35.4 Å². The summed E-state index contributed by atoms with van der Waals surface area (Å²) in [7, 11) is 1.56. The molecule has 1 saturated heterocycles. The van der Waals surface area contributed by atoms with Gasteiger partial charge in [-0.25, -0.2) is 0 Å². The molecule has 2 aromatic carbocycles. The van der Waals surface area contributed by atoms with Crippen molar-refractivity contribution in [3.05, 3.63) is 65.2 Å². The van der Waals surface area contributed by atoms with Gasteiger partial charge < -0.3 is 35.8 Å². The zero-order valence-corrected chi connectivity index (χ0v) is 30.2. The Labute approximate surface area is 300 Å². The van der Waals surface area contributed by atoms with Crippen molar-refractivity contribution < 1.29 is 33.5 Å². The third-order valence-corrected chi connectivity index (χ3v) is 9.63. The number of carbonyl (C=O) groups is 6. The maximum absolute atomic E-state index is 13.8. The van der Waals surface area contributed by atoms with E-state index in [0.29, 0.717) is 69.7 Å². The van der Waals surface area contributed by atoms with Crippen LogP contribution in [-0.2, 0) is 36.9 Å². The normalized spacial score (nSPS) is 22.0. The summed E-state index contributed by atoms with van der Waals surface area (Å²) >= 11 is 0. The highest BCUT2D eigenvalue weighted by Gasteiger charge is 2.31. The Hall–Kier alpha value is -4.94. The first-order chi connectivity index (χ1) is 24.5. The van der Waals surface area contributed by atoms with Crippen LogP contribution in [-0.4, -0.2) is 96.7 Å². The first kappa shape index (κ1) is 38.9. The number of fused-ring (bicyclic) bond motifs is 18. The predicted octanol–water partition coefficient (Wildman–Crippen LogP) is 2.32. The molecule has 1 unspecified atom stereocenters. The second-order valence-corrected chi connectivity index (χ2v) is 13.4. The lowest BCUT2D eigenvalue weighted by atomic mass is 9.96. The molecule has 2 aromatic rings. The lowest BCUT2D eigenvalue weighted by molar-refractivity contribution is -0.133. The SMILES string of the molecule is CC[C@H](C)C1NC(=O)c2ccc(cc2)CN(C(=O)CCN2CCCC2=O)CCCCNC(=O)[C@@H](C)NC(=O)[C@H](Cc2ccc(OC)cc2)NC1=O. The van der Waals surface area contributed by atoms with Crippen LogP contribution in [0.2, 0.25) is 0 Å². The molecule has 5 rings (SSSR count). The largest absolute Gasteiger partial charge is 0.497 e. The summed E-state index contributed by atoms with van der Waals surface area (Å²) in [6, 6.07) is 11.2. The Bertz CT molecular complexity index is 1530. The zero-order chi connectivity index (χ0) is 36.9. The molecule has 2 bridgehead atoms. The number of benzene rings is 2. The molecule has 0 aliphatic carbocycles. The molecule has 4 N–H and O–H groups in total. The molecule has 0 spiro atoms. The first-order valence-corrected chi connectivity index (χ1v) is 18.0. The minimum Gasteiger partial charge on any atom is -0.497 e. The van der Waals surface area contributed by atoms with Crippen molar-refractivity contribution in [1.82, 2.24) is 31.1 Å². The molecule has 3 heterocycles. The lowest BCUT2D eigenvalue weighted by Gasteiger charge is -2.27. The maximum Gasteiger partial charge on any atom is 0.251 e. The molecule has 51 heavy (non-hydrogen) atoms. The lowest BCUT2D eigenvalue weighted by Crippen LogP contribution is -2.58. The molecular formula is C38H52N6O7. The molecule has 0 aromatic heterocycles. The highest BCUT2D eigenvalue weighted by atomic mass is 16.5. The molecule has 6 amide bonds. The van der Waals surface area contributed by atoms with E-state index in [1.807, 2.05) is 13.8 Å². The molecule has 0 radical (unpaired) electrons. The summed E-state index contributed by atoms with van der Waals surface area (Å²) in [4.78, 5) is 82.9. The van der Waals surface area contributed by atoms with Gasteiger partial charge in [0, 0.05) is 57.5 Å². The van der Waals surface area contributed by atoms with E-state index in [1.165, 1.54) is 0 Å². The molecule has 4 atom stereocenters. The topological polar surface area (TPSA) is 166 Å². The molecular weight excluding hydrogens is 652 g/mol. The van der Waals surface area contributed by atoms with Gasteiger partial charge in [-0.2, -0.15) is 0 Å². The number of amides is 6. The van der Waals surface area contributed by atoms with Gasteiger partial charge in [-0.15, -0.1) is 0 Å². The van der Waals surface area contributed by atoms with Gasteiger partial charge in [0.1, 0.15) is 23.9 Å². The van der Waals surface area contributed by atoms with Crippen LogP contribution in [0.3, 0.4) is 0 Å². The van der Waals surface area contributed by atoms with Crippen LogP contribution < -0.4 is 26.0 Å². The number of hydrogen-bond donors (Lipinski definition) is 4. The average molecular weight is 705 g/mol. The first-order valence-electron chi connectivity index (χ1n) is 18.0. The summed E-state index contributed by atoms with van der Waals surface area (Å²) in [6.07, 6.45) is 3.45. The standard InChI is InChI=1S/C38H52N6O7/c1-5-25(2)34-38(50)41-31(23-27-12-16-30(51-4)17-13-27)37(49)40-26(3)35(47)39-19-6-7-20-44(33(46)18-22-43-21-8-9-32(43)45)24-28-10-14-29(15-11-28)36(48)42-34/h10-17,25-26,31,34H,5-9,18-24H2,1-4H3,(H,39,47)(H,40,49)(H,41,50)(H,42,48)/t25-,26+,31-,34?/m0/s1. The van der Waals surface area contributed by atoms with Crippen LogP contribution in [0.1, 0.15) is 80.8 Å². The molecule has 276 valence electrons. The van der Waals surface area contributed by atoms with Gasteiger partial charge in [0.15, 0.2) is 0 Å². The van der Waals surface area contributed by atoms with Gasteiger partial charge in [0.05, 0.1) is 7.11 Å². The number of rotatable bonds is 8. The molecule has 13 nitrogen and oxygen atoms in total. The van der Waals surface area contributed by atoms with Crippen molar-refractivity contribution in [2.45, 2.75) is 90.4 Å². The predicted molar refractivity (Wildman–Crippen MR) is 191 cm³/mol. The minimum atomic E-state index is -1.04. The van der Waals surface area contributed by atoms with E-state index in [4.69, 9.17) is 4.74 Å². The maximum atomic E-state index is 13.8. The number of nitrogens with one attached hydrogen (secondary N) is 4. The van der Waals surface area contributed by atoms with Crippen LogP contribution in [0.25, 0.3) is 0 Å². The summed E-state index contributed by atoms with van der Waals surface area (Å²) in [5.41, 5.74) is 1.94. The third kappa shape index (κ3) is 11.3. The number of carbonyl (C=O) groups excluding carboxylic acids is 6. The highest BCUT2D eigenvalue weighted by molar-refractivity contribution is 5.99. The number of methoxy groups -OCH3 is 1. The van der Waals surface area contributed by atoms with E-state index in [-0.39, 0.29) is 36.5 Å². The Balaban J connectivity index is 1.56. The smallest absolute Gasteiger partial charge is 0.251 e. The third-order valence-electron chi connectivity index (χ3n) is 9.63. The van der Waals surface area contributed by atoms with Gasteiger partial charge in [0.25, 0.3) is 5.91 Å². The molecule has 1 fully saturated rings. The fourth-order valence-electron chi connectivity index (χ4n) is 6.17. The van der Waals surface area contributed by atoms with Crippen molar-refractivity contribution in [3.8, 4) is 5.75 Å². The second-order valence-electron chi connectivity index (χ2n) is 13.4. The molecule has 3 aliphatic heterocycles. The van der Waals surface area contributed by atoms with Crippen molar-refractivity contribution in [2.24, 2.45) is 5.92 Å². The van der Waals surface area contributed by atoms with Crippen molar-refractivity contribution in [1.29, 1.82) is 0 Å². The number of ether oxygens (including phenoxy) is 1. The highest BCUT2D eigenvalue weighted by Crippen LogP contribution is 2.17. The second kappa shape index (κ2) is 18.9. The van der Waals surface area contributed by atoms with Crippen LogP contribution in [0.5, 0.6) is 5.75 Å². The summed E-state index contributed by atoms with van der Waals surface area (Å²) in [5.74, 6) is -1.51. The van der Waals surface area contributed by atoms with Gasteiger partial charge in [-0.1, -0.05) is 44.5 Å². The Morgan fingerprint density at radius 3 is 2.25 bits per heavy atom. The number of nitrogens with zero attached hydrogens (tertiary/aromatic N) is 2. The fraction of sp³-hybridized carbons (Fsp3) is 0.526. The zero-order valence-electron chi connectivity index (χ0n) is 30.2. The van der Waals surface area contributed by atoms with Crippen molar-refractivity contribution in [2.75, 3.05) is 33.3 Å². The van der Waals surface area contributed by atoms with E-state index in [0.717, 1.165) is 17.5 Å².